The number of nitrogens with two attached hydrogens (primary N) is 1. The summed E-state index contributed by atoms with van der Waals surface area (Å²) in [4.78, 5) is 12.8. The van der Waals surface area contributed by atoms with E-state index >= 15 is 0 Å². The van der Waals surface area contributed by atoms with Gasteiger partial charge >= 0.3 is 0 Å². The lowest BCUT2D eigenvalue weighted by molar-refractivity contribution is -0.143. The number of hydrogen-bond donors (Lipinski definition) is 2. The molecule has 2 unspecified atom stereocenters. The van der Waals surface area contributed by atoms with Gasteiger partial charge in [-0.05, 0) is 15.3 Å². The Morgan fingerprint density at radius 2 is 1.57 bits per heavy atom. The number of aliphatic hydroxyl groups is 1. The Labute approximate surface area is 140 Å². The SMILES string of the molecule is CC(C)(C)[Si](c1ccccc1)(N1C(=O)C(N)C1CO)C(C)(C)C. The molecule has 128 valence electrons. The van der Waals surface area contributed by atoms with Gasteiger partial charge in [0, 0.05) is 0 Å². The van der Waals surface area contributed by atoms with Crippen LogP contribution in [0.5, 0.6) is 0 Å². The van der Waals surface area contributed by atoms with Crippen LogP contribution in [0.15, 0.2) is 30.3 Å². The minimum atomic E-state index is -2.54. The van der Waals surface area contributed by atoms with Gasteiger partial charge < -0.3 is 15.4 Å². The number of aliphatic hydroxyl groups excluding tert-OH is 1. The van der Waals surface area contributed by atoms with Crippen molar-refractivity contribution in [3.63, 3.8) is 0 Å². The standard InChI is InChI=1S/C18H30N2O2Si/c1-17(2,3)23(18(4,5)6,13-10-8-7-9-11-13)20-14(12-21)15(19)16(20)22/h7-11,14-15,21H,12,19H2,1-6H3. The highest BCUT2D eigenvalue weighted by atomic mass is 28.3. The van der Waals surface area contributed by atoms with Crippen molar-refractivity contribution in [1.29, 1.82) is 0 Å². The Hall–Kier alpha value is -1.17. The first-order valence-electron chi connectivity index (χ1n) is 8.25. The van der Waals surface area contributed by atoms with Gasteiger partial charge in [-0.1, -0.05) is 71.9 Å². The van der Waals surface area contributed by atoms with Crippen LogP contribution in [-0.4, -0.2) is 42.5 Å². The molecule has 1 saturated heterocycles. The summed E-state index contributed by atoms with van der Waals surface area (Å²) in [5.41, 5.74) is 6.00. The van der Waals surface area contributed by atoms with Crippen molar-refractivity contribution < 1.29 is 9.90 Å². The summed E-state index contributed by atoms with van der Waals surface area (Å²) in [7, 11) is -2.54. The number of benzene rings is 1. The summed E-state index contributed by atoms with van der Waals surface area (Å²) in [6.45, 7) is 13.2. The van der Waals surface area contributed by atoms with E-state index in [4.69, 9.17) is 5.73 Å². The van der Waals surface area contributed by atoms with E-state index in [1.807, 2.05) is 22.8 Å². The average molecular weight is 335 g/mol. The Morgan fingerprint density at radius 3 is 1.96 bits per heavy atom. The fourth-order valence-corrected chi connectivity index (χ4v) is 12.3. The second kappa shape index (κ2) is 5.72. The fourth-order valence-electron chi connectivity index (χ4n) is 4.71. The second-order valence-electron chi connectivity index (χ2n) is 8.56. The number of carbonyl (C=O) groups is 1. The summed E-state index contributed by atoms with van der Waals surface area (Å²) in [5.74, 6) is -0.0237. The average Bonchev–Trinajstić information content (AvgIpc) is 2.45. The molecule has 1 amide bonds. The molecule has 1 fully saturated rings. The molecule has 5 heteroatoms. The smallest absolute Gasteiger partial charge is 0.234 e. The second-order valence-corrected chi connectivity index (χ2v) is 14.0. The van der Waals surface area contributed by atoms with Crippen molar-refractivity contribution in [1.82, 2.24) is 4.57 Å². The van der Waals surface area contributed by atoms with Gasteiger partial charge in [0.05, 0.1) is 12.6 Å². The third kappa shape index (κ3) is 2.46. The quantitative estimate of drug-likeness (QED) is 0.656. The van der Waals surface area contributed by atoms with Crippen molar-refractivity contribution in [3.8, 4) is 0 Å². The predicted octanol–water partition coefficient (Wildman–Crippen LogP) is 1.97. The van der Waals surface area contributed by atoms with Gasteiger partial charge in [-0.2, -0.15) is 0 Å². The highest BCUT2D eigenvalue weighted by Crippen LogP contribution is 2.54. The van der Waals surface area contributed by atoms with E-state index in [1.165, 1.54) is 5.19 Å². The van der Waals surface area contributed by atoms with Gasteiger partial charge in [0.2, 0.25) is 14.1 Å². The molecule has 0 spiro atoms. The zero-order valence-corrected chi connectivity index (χ0v) is 16.1. The van der Waals surface area contributed by atoms with E-state index in [1.54, 1.807) is 0 Å². The molecular formula is C18H30N2O2Si. The van der Waals surface area contributed by atoms with Crippen LogP contribution in [0.25, 0.3) is 0 Å². The topological polar surface area (TPSA) is 66.6 Å². The molecule has 2 rings (SSSR count). The molecule has 4 nitrogen and oxygen atoms in total. The molecule has 0 aliphatic carbocycles. The van der Waals surface area contributed by atoms with Crippen molar-refractivity contribution in [2.45, 2.75) is 63.7 Å². The highest BCUT2D eigenvalue weighted by Gasteiger charge is 2.66. The lowest BCUT2D eigenvalue weighted by atomic mass is 10.0. The lowest BCUT2D eigenvalue weighted by Crippen LogP contribution is -2.85. The van der Waals surface area contributed by atoms with Crippen LogP contribution in [0.4, 0.5) is 0 Å². The van der Waals surface area contributed by atoms with Crippen LogP contribution in [0.2, 0.25) is 10.1 Å². The highest BCUT2D eigenvalue weighted by molar-refractivity contribution is 6.96. The number of hydrogen-bond acceptors (Lipinski definition) is 3. The van der Waals surface area contributed by atoms with E-state index in [-0.39, 0.29) is 28.6 Å². The Bertz CT molecular complexity index is 561. The van der Waals surface area contributed by atoms with Gasteiger partial charge in [0.15, 0.2) is 0 Å². The molecule has 0 aromatic heterocycles. The first-order valence-corrected chi connectivity index (χ1v) is 10.2. The van der Waals surface area contributed by atoms with E-state index in [0.717, 1.165) is 0 Å². The molecule has 0 radical (unpaired) electrons. The maximum Gasteiger partial charge on any atom is 0.234 e. The predicted molar refractivity (Wildman–Crippen MR) is 97.0 cm³/mol. The van der Waals surface area contributed by atoms with Crippen LogP contribution in [0.3, 0.4) is 0 Å². The minimum absolute atomic E-state index is 0.0237. The van der Waals surface area contributed by atoms with E-state index in [0.29, 0.717) is 0 Å². The zero-order valence-electron chi connectivity index (χ0n) is 15.1. The van der Waals surface area contributed by atoms with Gasteiger partial charge in [-0.3, -0.25) is 4.79 Å². The van der Waals surface area contributed by atoms with Gasteiger partial charge in [-0.15, -0.1) is 0 Å². The Morgan fingerprint density at radius 1 is 1.09 bits per heavy atom. The summed E-state index contributed by atoms with van der Waals surface area (Å²) in [6.07, 6.45) is 0. The van der Waals surface area contributed by atoms with Gasteiger partial charge in [-0.25, -0.2) is 0 Å². The summed E-state index contributed by atoms with van der Waals surface area (Å²) in [6, 6.07) is 9.47. The third-order valence-corrected chi connectivity index (χ3v) is 12.0. The number of rotatable bonds is 3. The molecule has 0 saturated carbocycles. The zero-order chi connectivity index (χ0) is 17.6. The summed E-state index contributed by atoms with van der Waals surface area (Å²) in [5, 5.41) is 10.9. The van der Waals surface area contributed by atoms with Crippen molar-refractivity contribution >= 4 is 19.3 Å². The molecule has 3 N–H and O–H groups in total. The van der Waals surface area contributed by atoms with E-state index < -0.39 is 14.3 Å². The third-order valence-electron chi connectivity index (χ3n) is 5.18. The van der Waals surface area contributed by atoms with E-state index in [9.17, 15) is 9.90 Å². The fraction of sp³-hybridized carbons (Fsp3) is 0.611. The number of β-lactam (4-membered cyclic amide) rings is 1. The lowest BCUT2D eigenvalue weighted by Gasteiger charge is -2.64. The van der Waals surface area contributed by atoms with Crippen molar-refractivity contribution in [3.05, 3.63) is 30.3 Å². The maximum absolute atomic E-state index is 12.8. The maximum atomic E-state index is 12.8. The minimum Gasteiger partial charge on any atom is -0.394 e. The van der Waals surface area contributed by atoms with Crippen LogP contribution in [0.1, 0.15) is 41.5 Å². The summed E-state index contributed by atoms with van der Waals surface area (Å²) >= 11 is 0. The molecule has 23 heavy (non-hydrogen) atoms. The molecular weight excluding hydrogens is 304 g/mol. The van der Waals surface area contributed by atoms with Crippen LogP contribution >= 0.6 is 0 Å². The largest absolute Gasteiger partial charge is 0.394 e. The Balaban J connectivity index is 2.77. The van der Waals surface area contributed by atoms with E-state index in [2.05, 4.69) is 53.7 Å². The van der Waals surface area contributed by atoms with Crippen molar-refractivity contribution in [2.24, 2.45) is 5.73 Å². The molecule has 2 atom stereocenters. The molecule has 1 aliphatic heterocycles. The van der Waals surface area contributed by atoms with Crippen LogP contribution in [-0.2, 0) is 4.79 Å². The number of carbonyl (C=O) groups excluding carboxylic acids is 1. The van der Waals surface area contributed by atoms with Crippen molar-refractivity contribution in [2.75, 3.05) is 6.61 Å². The van der Waals surface area contributed by atoms with Crippen LogP contribution in [0, 0.1) is 0 Å². The number of amides is 1. The normalized spacial score (nSPS) is 23.0. The molecule has 1 heterocycles. The number of nitrogens with zero attached hydrogens (tertiary/aromatic N) is 1. The molecule has 1 aromatic carbocycles. The Kier molecular flexibility index (Phi) is 4.52. The molecule has 1 aliphatic rings. The monoisotopic (exact) mass is 334 g/mol. The molecule has 1 aromatic rings. The van der Waals surface area contributed by atoms with Gasteiger partial charge in [0.1, 0.15) is 6.04 Å². The van der Waals surface area contributed by atoms with Crippen LogP contribution < -0.4 is 10.9 Å². The summed E-state index contributed by atoms with van der Waals surface area (Å²) < 4.78 is 1.98. The first-order chi connectivity index (χ1) is 10.5. The van der Waals surface area contributed by atoms with Gasteiger partial charge in [0.25, 0.3) is 0 Å². The molecule has 0 bridgehead atoms. The first kappa shape index (κ1) is 18.2.